The summed E-state index contributed by atoms with van der Waals surface area (Å²) in [6.45, 7) is 0.291. The highest BCUT2D eigenvalue weighted by Crippen LogP contribution is 2.32. The molecule has 0 aliphatic heterocycles. The van der Waals surface area contributed by atoms with Crippen LogP contribution in [0, 0.1) is 5.92 Å². The number of nitrogens with zero attached hydrogens (tertiary/aromatic N) is 1. The SMILES string of the molecule is O=C(NC[C@@H](O)C1CC1)N(c1ccccc1)c1ccccc1. The van der Waals surface area contributed by atoms with Crippen LogP contribution >= 0.6 is 0 Å². The molecule has 2 amide bonds. The first-order chi connectivity index (χ1) is 10.8. The van der Waals surface area contributed by atoms with Gasteiger partial charge in [-0.05, 0) is 43.0 Å². The topological polar surface area (TPSA) is 52.6 Å². The summed E-state index contributed by atoms with van der Waals surface area (Å²) in [5.74, 6) is 0.349. The number of benzene rings is 2. The van der Waals surface area contributed by atoms with Gasteiger partial charge >= 0.3 is 6.03 Å². The van der Waals surface area contributed by atoms with Gasteiger partial charge in [-0.15, -0.1) is 0 Å². The number of rotatable bonds is 5. The predicted octanol–water partition coefficient (Wildman–Crippen LogP) is 3.31. The fourth-order valence-corrected chi connectivity index (χ4v) is 2.46. The van der Waals surface area contributed by atoms with Gasteiger partial charge in [0.25, 0.3) is 0 Å². The van der Waals surface area contributed by atoms with Crippen molar-refractivity contribution in [1.82, 2.24) is 5.32 Å². The van der Waals surface area contributed by atoms with E-state index in [1.54, 1.807) is 4.90 Å². The maximum Gasteiger partial charge on any atom is 0.326 e. The van der Waals surface area contributed by atoms with Crippen molar-refractivity contribution in [3.63, 3.8) is 0 Å². The number of hydrogen-bond acceptors (Lipinski definition) is 2. The van der Waals surface area contributed by atoms with Crippen molar-refractivity contribution >= 4 is 17.4 Å². The van der Waals surface area contributed by atoms with Crippen LogP contribution in [0.3, 0.4) is 0 Å². The second-order valence-electron chi connectivity index (χ2n) is 5.60. The number of carbonyl (C=O) groups excluding carboxylic acids is 1. The van der Waals surface area contributed by atoms with Crippen molar-refractivity contribution in [2.45, 2.75) is 18.9 Å². The van der Waals surface area contributed by atoms with Crippen LogP contribution in [0.2, 0.25) is 0 Å². The van der Waals surface area contributed by atoms with E-state index in [1.807, 2.05) is 60.7 Å². The zero-order valence-corrected chi connectivity index (χ0v) is 12.4. The van der Waals surface area contributed by atoms with Crippen molar-refractivity contribution in [3.05, 3.63) is 60.7 Å². The number of nitrogens with one attached hydrogen (secondary N) is 1. The molecule has 1 fully saturated rings. The predicted molar refractivity (Wildman–Crippen MR) is 87.2 cm³/mol. The molecule has 0 bridgehead atoms. The Balaban J connectivity index is 1.77. The van der Waals surface area contributed by atoms with Gasteiger partial charge < -0.3 is 10.4 Å². The van der Waals surface area contributed by atoms with E-state index in [2.05, 4.69) is 5.32 Å². The van der Waals surface area contributed by atoms with E-state index < -0.39 is 6.10 Å². The Morgan fingerprint density at radius 3 is 2.00 bits per heavy atom. The minimum Gasteiger partial charge on any atom is -0.391 e. The van der Waals surface area contributed by atoms with Crippen LogP contribution in [0.15, 0.2) is 60.7 Å². The Morgan fingerprint density at radius 1 is 1.05 bits per heavy atom. The summed E-state index contributed by atoms with van der Waals surface area (Å²) in [6.07, 6.45) is 1.66. The summed E-state index contributed by atoms with van der Waals surface area (Å²) in [6, 6.07) is 18.8. The molecule has 2 N–H and O–H groups in total. The second kappa shape index (κ2) is 6.62. The standard InChI is InChI=1S/C18H20N2O2/c21-17(14-11-12-14)13-19-18(22)20(15-7-3-1-4-8-15)16-9-5-2-6-10-16/h1-10,14,17,21H,11-13H2,(H,19,22)/t17-/m1/s1. The number of urea groups is 1. The van der Waals surface area contributed by atoms with Gasteiger partial charge in [0.2, 0.25) is 0 Å². The average molecular weight is 296 g/mol. The van der Waals surface area contributed by atoms with Crippen molar-refractivity contribution in [2.24, 2.45) is 5.92 Å². The van der Waals surface area contributed by atoms with Crippen LogP contribution in [0.25, 0.3) is 0 Å². The third-order valence-electron chi connectivity index (χ3n) is 3.86. The van der Waals surface area contributed by atoms with Crippen molar-refractivity contribution < 1.29 is 9.90 Å². The highest BCUT2D eigenvalue weighted by Gasteiger charge is 2.30. The fraction of sp³-hybridized carbons (Fsp3) is 0.278. The van der Waals surface area contributed by atoms with Crippen molar-refractivity contribution in [2.75, 3.05) is 11.4 Å². The fourth-order valence-electron chi connectivity index (χ4n) is 2.46. The molecule has 114 valence electrons. The molecule has 1 saturated carbocycles. The Morgan fingerprint density at radius 2 is 1.55 bits per heavy atom. The summed E-state index contributed by atoms with van der Waals surface area (Å²) in [4.78, 5) is 14.2. The molecule has 1 aliphatic rings. The summed E-state index contributed by atoms with van der Waals surface area (Å²) in [5, 5.41) is 12.8. The monoisotopic (exact) mass is 296 g/mol. The van der Waals surface area contributed by atoms with E-state index in [0.29, 0.717) is 12.5 Å². The summed E-state index contributed by atoms with van der Waals surface area (Å²) in [5.41, 5.74) is 1.60. The summed E-state index contributed by atoms with van der Waals surface area (Å²) < 4.78 is 0. The zero-order chi connectivity index (χ0) is 15.4. The van der Waals surface area contributed by atoms with E-state index in [1.165, 1.54) is 0 Å². The molecule has 1 aliphatic carbocycles. The average Bonchev–Trinajstić information content (AvgIpc) is 3.40. The van der Waals surface area contributed by atoms with Gasteiger partial charge in [0.15, 0.2) is 0 Å². The highest BCUT2D eigenvalue weighted by molar-refractivity contribution is 5.99. The Labute approximate surface area is 130 Å². The van der Waals surface area contributed by atoms with Gasteiger partial charge in [0.1, 0.15) is 0 Å². The van der Waals surface area contributed by atoms with Crippen molar-refractivity contribution in [1.29, 1.82) is 0 Å². The molecular weight excluding hydrogens is 276 g/mol. The van der Waals surface area contributed by atoms with Gasteiger partial charge in [-0.2, -0.15) is 0 Å². The summed E-state index contributed by atoms with van der Waals surface area (Å²) >= 11 is 0. The number of amides is 2. The summed E-state index contributed by atoms with van der Waals surface area (Å²) in [7, 11) is 0. The number of carbonyl (C=O) groups is 1. The molecule has 22 heavy (non-hydrogen) atoms. The molecule has 0 heterocycles. The first kappa shape index (κ1) is 14.6. The Bertz CT molecular complexity index is 572. The molecule has 0 unspecified atom stereocenters. The second-order valence-corrected chi connectivity index (χ2v) is 5.60. The molecule has 0 saturated heterocycles. The molecular formula is C18H20N2O2. The lowest BCUT2D eigenvalue weighted by Gasteiger charge is -2.24. The molecule has 3 rings (SSSR count). The van der Waals surface area contributed by atoms with E-state index in [9.17, 15) is 9.90 Å². The first-order valence-electron chi connectivity index (χ1n) is 7.62. The third-order valence-corrected chi connectivity index (χ3v) is 3.86. The Hall–Kier alpha value is -2.33. The molecule has 4 nitrogen and oxygen atoms in total. The smallest absolute Gasteiger partial charge is 0.326 e. The van der Waals surface area contributed by atoms with Crippen LogP contribution in [-0.4, -0.2) is 23.8 Å². The van der Waals surface area contributed by atoms with Crippen LogP contribution < -0.4 is 10.2 Å². The molecule has 4 heteroatoms. The molecule has 0 aromatic heterocycles. The van der Waals surface area contributed by atoms with E-state index >= 15 is 0 Å². The minimum atomic E-state index is -0.447. The number of anilines is 2. The van der Waals surface area contributed by atoms with Gasteiger partial charge in [0.05, 0.1) is 17.5 Å². The van der Waals surface area contributed by atoms with Crippen LogP contribution in [0.4, 0.5) is 16.2 Å². The Kier molecular flexibility index (Phi) is 4.39. The number of aliphatic hydroxyl groups is 1. The van der Waals surface area contributed by atoms with Crippen LogP contribution in [0.5, 0.6) is 0 Å². The highest BCUT2D eigenvalue weighted by atomic mass is 16.3. The molecule has 1 atom stereocenters. The van der Waals surface area contributed by atoms with E-state index in [-0.39, 0.29) is 6.03 Å². The zero-order valence-electron chi connectivity index (χ0n) is 12.4. The largest absolute Gasteiger partial charge is 0.391 e. The normalized spacial score (nSPS) is 15.1. The number of hydrogen-bond donors (Lipinski definition) is 2. The van der Waals surface area contributed by atoms with Gasteiger partial charge in [0, 0.05) is 6.54 Å². The molecule has 0 spiro atoms. The van der Waals surface area contributed by atoms with Crippen LogP contribution in [0.1, 0.15) is 12.8 Å². The lowest BCUT2D eigenvalue weighted by atomic mass is 10.2. The quantitative estimate of drug-likeness (QED) is 0.889. The third kappa shape index (κ3) is 3.46. The first-order valence-corrected chi connectivity index (χ1v) is 7.62. The number of aliphatic hydroxyl groups excluding tert-OH is 1. The lowest BCUT2D eigenvalue weighted by molar-refractivity contribution is 0.150. The lowest BCUT2D eigenvalue weighted by Crippen LogP contribution is -2.41. The minimum absolute atomic E-state index is 0.225. The van der Waals surface area contributed by atoms with Gasteiger partial charge in [-0.25, -0.2) is 4.79 Å². The molecule has 2 aromatic rings. The maximum absolute atomic E-state index is 12.6. The van der Waals surface area contributed by atoms with E-state index in [0.717, 1.165) is 24.2 Å². The van der Waals surface area contributed by atoms with E-state index in [4.69, 9.17) is 0 Å². The number of para-hydroxylation sites is 2. The van der Waals surface area contributed by atoms with Gasteiger partial charge in [-0.1, -0.05) is 36.4 Å². The maximum atomic E-state index is 12.6. The van der Waals surface area contributed by atoms with Crippen molar-refractivity contribution in [3.8, 4) is 0 Å². The van der Waals surface area contributed by atoms with Gasteiger partial charge in [-0.3, -0.25) is 4.90 Å². The molecule has 0 radical (unpaired) electrons. The molecule has 2 aromatic carbocycles. The van der Waals surface area contributed by atoms with Crippen LogP contribution in [-0.2, 0) is 0 Å².